The Morgan fingerprint density at radius 1 is 1.16 bits per heavy atom. The highest BCUT2D eigenvalue weighted by atomic mass is 16.6. The first kappa shape index (κ1) is 14.4. The number of aliphatic carboxylic acids is 2. The third kappa shape index (κ3) is 3.15. The molecule has 0 amide bonds. The zero-order valence-electron chi connectivity index (χ0n) is 9.99. The summed E-state index contributed by atoms with van der Waals surface area (Å²) in [5.41, 5.74) is -0.675. The molecule has 7 nitrogen and oxygen atoms in total. The van der Waals surface area contributed by atoms with Gasteiger partial charge in [-0.15, -0.1) is 0 Å². The number of hydrogen-bond donors (Lipinski definition) is 2. The van der Waals surface area contributed by atoms with Gasteiger partial charge in [0.2, 0.25) is 0 Å². The average Bonchev–Trinajstić information content (AvgIpc) is 2.34. The molecule has 0 aromatic heterocycles. The number of benzene rings is 1. The summed E-state index contributed by atoms with van der Waals surface area (Å²) in [6, 6.07) is 4.71. The Bertz CT molecular complexity index is 558. The molecule has 0 saturated heterocycles. The standard InChI is InChI=1S/C12H11NO6/c1-2-9(11(14)15)10(12(16)17)7-3-5-8(6-4-7)13(18)19/h3-6H,2H2,1H3,(H,14,15)(H,16,17). The second kappa shape index (κ2) is 5.76. The van der Waals surface area contributed by atoms with E-state index in [9.17, 15) is 19.7 Å². The Kier molecular flexibility index (Phi) is 4.36. The van der Waals surface area contributed by atoms with Gasteiger partial charge < -0.3 is 10.2 Å². The van der Waals surface area contributed by atoms with Crippen LogP contribution in [0.5, 0.6) is 0 Å². The highest BCUT2D eigenvalue weighted by Gasteiger charge is 2.21. The first-order valence-electron chi connectivity index (χ1n) is 5.33. The lowest BCUT2D eigenvalue weighted by molar-refractivity contribution is -0.384. The molecule has 100 valence electrons. The molecule has 0 heterocycles. The van der Waals surface area contributed by atoms with Crippen LogP contribution in [0.25, 0.3) is 5.57 Å². The van der Waals surface area contributed by atoms with Gasteiger partial charge >= 0.3 is 11.9 Å². The lowest BCUT2D eigenvalue weighted by Crippen LogP contribution is -2.10. The number of nitrogens with zero attached hydrogens (tertiary/aromatic N) is 1. The molecule has 0 saturated carbocycles. The van der Waals surface area contributed by atoms with E-state index in [1.807, 2.05) is 0 Å². The lowest BCUT2D eigenvalue weighted by atomic mass is 9.98. The molecular weight excluding hydrogens is 254 g/mol. The Hall–Kier alpha value is -2.70. The number of nitro groups is 1. The Morgan fingerprint density at radius 2 is 1.68 bits per heavy atom. The van der Waals surface area contributed by atoms with Gasteiger partial charge in [0.15, 0.2) is 0 Å². The van der Waals surface area contributed by atoms with Crippen molar-refractivity contribution in [1.29, 1.82) is 0 Å². The zero-order chi connectivity index (χ0) is 14.6. The van der Waals surface area contributed by atoms with Crippen LogP contribution in [0.15, 0.2) is 29.8 Å². The van der Waals surface area contributed by atoms with Crippen molar-refractivity contribution >= 4 is 23.2 Å². The van der Waals surface area contributed by atoms with E-state index >= 15 is 0 Å². The van der Waals surface area contributed by atoms with Crippen LogP contribution in [0.1, 0.15) is 18.9 Å². The Balaban J connectivity index is 3.39. The lowest BCUT2D eigenvalue weighted by Gasteiger charge is -2.07. The van der Waals surface area contributed by atoms with Gasteiger partial charge in [0, 0.05) is 12.1 Å². The van der Waals surface area contributed by atoms with Crippen molar-refractivity contribution in [2.45, 2.75) is 13.3 Å². The highest BCUT2D eigenvalue weighted by Crippen LogP contribution is 2.23. The number of nitro benzene ring substituents is 1. The zero-order valence-corrected chi connectivity index (χ0v) is 9.99. The molecule has 0 atom stereocenters. The van der Waals surface area contributed by atoms with Crippen LogP contribution in [0.4, 0.5) is 5.69 Å². The summed E-state index contributed by atoms with van der Waals surface area (Å²) in [4.78, 5) is 32.0. The van der Waals surface area contributed by atoms with Crippen LogP contribution >= 0.6 is 0 Å². The fraction of sp³-hybridized carbons (Fsp3) is 0.167. The second-order valence-electron chi connectivity index (χ2n) is 3.62. The summed E-state index contributed by atoms with van der Waals surface area (Å²) in [6.45, 7) is 1.53. The van der Waals surface area contributed by atoms with Crippen LogP contribution in [0.3, 0.4) is 0 Å². The van der Waals surface area contributed by atoms with E-state index in [-0.39, 0.29) is 28.8 Å². The molecule has 0 radical (unpaired) electrons. The summed E-state index contributed by atoms with van der Waals surface area (Å²) in [7, 11) is 0. The molecule has 7 heteroatoms. The number of hydrogen-bond acceptors (Lipinski definition) is 4. The molecule has 0 unspecified atom stereocenters. The third-order valence-corrected chi connectivity index (χ3v) is 2.49. The molecule has 2 N–H and O–H groups in total. The predicted molar refractivity (Wildman–Crippen MR) is 65.6 cm³/mol. The number of carbonyl (C=O) groups is 2. The van der Waals surface area contributed by atoms with Crippen molar-refractivity contribution in [3.05, 3.63) is 45.5 Å². The largest absolute Gasteiger partial charge is 0.478 e. The predicted octanol–water partition coefficient (Wildman–Crippen LogP) is 1.93. The molecular formula is C12H11NO6. The number of carboxylic acid groups (broad SMARTS) is 2. The summed E-state index contributed by atoms with van der Waals surface area (Å²) in [6.07, 6.45) is 0.0357. The van der Waals surface area contributed by atoms with Gasteiger partial charge in [0.05, 0.1) is 16.1 Å². The first-order valence-corrected chi connectivity index (χ1v) is 5.33. The Morgan fingerprint density at radius 3 is 2.00 bits per heavy atom. The molecule has 0 fully saturated rings. The monoisotopic (exact) mass is 265 g/mol. The van der Waals surface area contributed by atoms with Gasteiger partial charge in [-0.3, -0.25) is 10.1 Å². The molecule has 1 aromatic carbocycles. The fourth-order valence-electron chi connectivity index (χ4n) is 1.61. The molecule has 0 spiro atoms. The SMILES string of the molecule is CCC(C(=O)O)=C(C(=O)O)c1ccc([N+](=O)[O-])cc1. The van der Waals surface area contributed by atoms with E-state index in [0.29, 0.717) is 0 Å². The minimum Gasteiger partial charge on any atom is -0.478 e. The van der Waals surface area contributed by atoms with Crippen LogP contribution < -0.4 is 0 Å². The van der Waals surface area contributed by atoms with Crippen molar-refractivity contribution in [3.8, 4) is 0 Å². The topological polar surface area (TPSA) is 118 Å². The molecule has 0 aliphatic rings. The van der Waals surface area contributed by atoms with E-state index in [2.05, 4.69) is 0 Å². The van der Waals surface area contributed by atoms with Gasteiger partial charge in [-0.2, -0.15) is 0 Å². The number of rotatable bonds is 5. The number of non-ortho nitro benzene ring substituents is 1. The molecule has 0 aliphatic carbocycles. The molecule has 19 heavy (non-hydrogen) atoms. The Labute approximate surface area is 107 Å². The van der Waals surface area contributed by atoms with E-state index in [1.165, 1.54) is 19.1 Å². The van der Waals surface area contributed by atoms with Crippen molar-refractivity contribution in [2.75, 3.05) is 0 Å². The van der Waals surface area contributed by atoms with E-state index in [0.717, 1.165) is 12.1 Å². The summed E-state index contributed by atoms with van der Waals surface area (Å²) in [5.74, 6) is -2.70. The van der Waals surface area contributed by atoms with Gasteiger partial charge in [0.25, 0.3) is 5.69 Å². The average molecular weight is 265 g/mol. The molecule has 1 rings (SSSR count). The summed E-state index contributed by atoms with van der Waals surface area (Å²) in [5, 5.41) is 28.6. The van der Waals surface area contributed by atoms with Crippen LogP contribution in [0.2, 0.25) is 0 Å². The van der Waals surface area contributed by atoms with Crippen LogP contribution in [-0.2, 0) is 9.59 Å². The minimum absolute atomic E-state index is 0.0357. The quantitative estimate of drug-likeness (QED) is 0.477. The van der Waals surface area contributed by atoms with Crippen LogP contribution in [0, 0.1) is 10.1 Å². The molecule has 0 bridgehead atoms. The van der Waals surface area contributed by atoms with Gasteiger partial charge in [-0.25, -0.2) is 9.59 Å². The van der Waals surface area contributed by atoms with Gasteiger partial charge in [-0.1, -0.05) is 6.92 Å². The highest BCUT2D eigenvalue weighted by molar-refractivity contribution is 6.21. The van der Waals surface area contributed by atoms with Crippen molar-refractivity contribution in [1.82, 2.24) is 0 Å². The maximum Gasteiger partial charge on any atom is 0.336 e. The molecule has 0 aliphatic heterocycles. The van der Waals surface area contributed by atoms with Crippen molar-refractivity contribution < 1.29 is 24.7 Å². The minimum atomic E-state index is -1.38. The van der Waals surface area contributed by atoms with Gasteiger partial charge in [0.1, 0.15) is 0 Å². The van der Waals surface area contributed by atoms with Gasteiger partial charge in [-0.05, 0) is 24.1 Å². The van der Waals surface area contributed by atoms with E-state index in [1.54, 1.807) is 0 Å². The summed E-state index contributed by atoms with van der Waals surface area (Å²) < 4.78 is 0. The normalized spacial score (nSPS) is 11.6. The van der Waals surface area contributed by atoms with Crippen molar-refractivity contribution in [2.24, 2.45) is 0 Å². The van der Waals surface area contributed by atoms with Crippen LogP contribution in [-0.4, -0.2) is 27.1 Å². The first-order chi connectivity index (χ1) is 8.88. The second-order valence-corrected chi connectivity index (χ2v) is 3.62. The van der Waals surface area contributed by atoms with E-state index < -0.39 is 16.9 Å². The fourth-order valence-corrected chi connectivity index (χ4v) is 1.61. The smallest absolute Gasteiger partial charge is 0.336 e. The third-order valence-electron chi connectivity index (χ3n) is 2.49. The maximum absolute atomic E-state index is 11.2. The maximum atomic E-state index is 11.2. The van der Waals surface area contributed by atoms with Crippen molar-refractivity contribution in [3.63, 3.8) is 0 Å². The van der Waals surface area contributed by atoms with E-state index in [4.69, 9.17) is 10.2 Å². The number of carboxylic acids is 2. The summed E-state index contributed by atoms with van der Waals surface area (Å²) >= 11 is 0. The molecule has 1 aromatic rings.